The first-order chi connectivity index (χ1) is 11.5. The summed E-state index contributed by atoms with van der Waals surface area (Å²) in [4.78, 5) is 15.7. The number of fused-ring (bicyclic) bond motifs is 1. The van der Waals surface area contributed by atoms with E-state index >= 15 is 0 Å². The van der Waals surface area contributed by atoms with Crippen LogP contribution >= 0.6 is 0 Å². The number of benzene rings is 2. The van der Waals surface area contributed by atoms with Crippen molar-refractivity contribution in [2.75, 3.05) is 12.4 Å². The molecule has 0 saturated heterocycles. The molecule has 124 valence electrons. The van der Waals surface area contributed by atoms with Crippen LogP contribution in [0, 0.1) is 13.8 Å². The lowest BCUT2D eigenvalue weighted by Crippen LogP contribution is -2.12. The van der Waals surface area contributed by atoms with Gasteiger partial charge in [-0.25, -0.2) is 0 Å². The van der Waals surface area contributed by atoms with Gasteiger partial charge in [-0.3, -0.25) is 4.79 Å². The number of rotatable bonds is 4. The lowest BCUT2D eigenvalue weighted by molar-refractivity contribution is 0.102. The number of aryl methyl sites for hydroxylation is 2. The third kappa shape index (κ3) is 2.98. The van der Waals surface area contributed by atoms with Crippen LogP contribution in [0.1, 0.15) is 27.2 Å². The molecule has 3 N–H and O–H groups in total. The van der Waals surface area contributed by atoms with E-state index in [2.05, 4.69) is 16.4 Å². The molecule has 3 rings (SSSR count). The van der Waals surface area contributed by atoms with E-state index in [1.165, 1.54) is 0 Å². The maximum atomic E-state index is 12.5. The average Bonchev–Trinajstić information content (AvgIpc) is 2.99. The molecule has 0 aliphatic carbocycles. The summed E-state index contributed by atoms with van der Waals surface area (Å²) in [6.07, 6.45) is 0. The maximum absolute atomic E-state index is 12.5. The third-order valence-corrected chi connectivity index (χ3v) is 4.04. The van der Waals surface area contributed by atoms with Crippen LogP contribution in [0.3, 0.4) is 0 Å². The van der Waals surface area contributed by atoms with Crippen LogP contribution in [-0.2, 0) is 6.61 Å². The number of anilines is 1. The zero-order valence-corrected chi connectivity index (χ0v) is 13.9. The van der Waals surface area contributed by atoms with Crippen molar-refractivity contribution in [3.63, 3.8) is 0 Å². The first-order valence-corrected chi connectivity index (χ1v) is 7.71. The summed E-state index contributed by atoms with van der Waals surface area (Å²) < 4.78 is 5.17. The van der Waals surface area contributed by atoms with Gasteiger partial charge >= 0.3 is 0 Å². The number of ether oxygens (including phenoxy) is 1. The van der Waals surface area contributed by atoms with E-state index < -0.39 is 0 Å². The van der Waals surface area contributed by atoms with Crippen LogP contribution in [0.5, 0.6) is 5.75 Å². The van der Waals surface area contributed by atoms with E-state index in [4.69, 9.17) is 4.74 Å². The number of carbonyl (C=O) groups excluding carboxylic acids is 1. The van der Waals surface area contributed by atoms with Gasteiger partial charge in [0.25, 0.3) is 5.91 Å². The summed E-state index contributed by atoms with van der Waals surface area (Å²) in [6, 6.07) is 11.1. The average molecular weight is 324 g/mol. The van der Waals surface area contributed by atoms with Gasteiger partial charge in [-0.05, 0) is 55.3 Å². The highest BCUT2D eigenvalue weighted by Crippen LogP contribution is 2.24. The minimum absolute atomic E-state index is 0.155. The monoisotopic (exact) mass is 324 g/mol. The Balaban J connectivity index is 1.89. The van der Waals surface area contributed by atoms with Crippen molar-refractivity contribution in [3.05, 3.63) is 58.8 Å². The number of hydrogen-bond donors (Lipinski definition) is 3. The van der Waals surface area contributed by atoms with Crippen molar-refractivity contribution < 1.29 is 14.6 Å². The predicted octanol–water partition coefficient (Wildman–Crippen LogP) is 3.54. The molecule has 0 aliphatic rings. The lowest BCUT2D eigenvalue weighted by Gasteiger charge is -2.09. The maximum Gasteiger partial charge on any atom is 0.272 e. The Labute approximate surface area is 140 Å². The van der Waals surface area contributed by atoms with Crippen molar-refractivity contribution in [2.24, 2.45) is 0 Å². The number of aliphatic hydroxyl groups excluding tert-OH is 1. The third-order valence-electron chi connectivity index (χ3n) is 4.04. The van der Waals surface area contributed by atoms with E-state index in [9.17, 15) is 9.90 Å². The summed E-state index contributed by atoms with van der Waals surface area (Å²) >= 11 is 0. The van der Waals surface area contributed by atoms with Crippen LogP contribution in [0.2, 0.25) is 0 Å². The van der Waals surface area contributed by atoms with Crippen LogP contribution in [0.15, 0.2) is 36.4 Å². The van der Waals surface area contributed by atoms with Gasteiger partial charge in [0.15, 0.2) is 0 Å². The van der Waals surface area contributed by atoms with E-state index in [0.29, 0.717) is 22.7 Å². The molecule has 0 fully saturated rings. The molecule has 1 heterocycles. The highest BCUT2D eigenvalue weighted by Gasteiger charge is 2.12. The predicted molar refractivity (Wildman–Crippen MR) is 94.6 cm³/mol. The van der Waals surface area contributed by atoms with E-state index in [1.54, 1.807) is 25.3 Å². The van der Waals surface area contributed by atoms with Crippen molar-refractivity contribution in [1.82, 2.24) is 4.98 Å². The summed E-state index contributed by atoms with van der Waals surface area (Å²) in [5.74, 6) is 0.365. The van der Waals surface area contributed by atoms with Crippen LogP contribution in [0.4, 0.5) is 5.69 Å². The van der Waals surface area contributed by atoms with Gasteiger partial charge in [-0.15, -0.1) is 0 Å². The zero-order chi connectivity index (χ0) is 17.3. The molecule has 1 aromatic heterocycles. The minimum Gasteiger partial charge on any atom is -0.496 e. The first-order valence-electron chi connectivity index (χ1n) is 7.71. The fourth-order valence-electron chi connectivity index (χ4n) is 2.90. The molecule has 0 spiro atoms. The number of amides is 1. The number of aromatic amines is 1. The number of carbonyl (C=O) groups is 1. The van der Waals surface area contributed by atoms with Gasteiger partial charge in [-0.1, -0.05) is 6.07 Å². The van der Waals surface area contributed by atoms with Crippen LogP contribution < -0.4 is 10.1 Å². The molecular formula is C19H20N2O3. The normalized spacial score (nSPS) is 10.8. The highest BCUT2D eigenvalue weighted by atomic mass is 16.5. The van der Waals surface area contributed by atoms with Crippen molar-refractivity contribution >= 4 is 22.5 Å². The molecule has 0 atom stereocenters. The van der Waals surface area contributed by atoms with Gasteiger partial charge in [0.2, 0.25) is 0 Å². The standard InChI is InChI=1S/C19H20N2O3/c1-11-6-12(2)15-9-17(21-16(15)7-11)19(23)20-14-4-5-18(24-3)13(8-14)10-22/h4-9,21-22H,10H2,1-3H3,(H,20,23). The molecule has 5 nitrogen and oxygen atoms in total. The summed E-state index contributed by atoms with van der Waals surface area (Å²) in [6.45, 7) is 3.90. The minimum atomic E-state index is -0.225. The number of nitrogens with one attached hydrogen (secondary N) is 2. The van der Waals surface area contributed by atoms with Gasteiger partial charge < -0.3 is 20.1 Å². The molecule has 1 amide bonds. The number of H-pyrrole nitrogens is 1. The second-order valence-corrected chi connectivity index (χ2v) is 5.86. The fourth-order valence-corrected chi connectivity index (χ4v) is 2.90. The van der Waals surface area contributed by atoms with Gasteiger partial charge in [-0.2, -0.15) is 0 Å². The molecule has 2 aromatic carbocycles. The Morgan fingerprint density at radius 2 is 2.00 bits per heavy atom. The Kier molecular flexibility index (Phi) is 4.27. The van der Waals surface area contributed by atoms with Crippen LogP contribution in [-0.4, -0.2) is 23.1 Å². The summed E-state index contributed by atoms with van der Waals surface area (Å²) in [7, 11) is 1.54. The van der Waals surface area contributed by atoms with Crippen molar-refractivity contribution in [1.29, 1.82) is 0 Å². The smallest absolute Gasteiger partial charge is 0.272 e. The number of hydrogen-bond acceptors (Lipinski definition) is 3. The van der Waals surface area contributed by atoms with Crippen molar-refractivity contribution in [3.8, 4) is 5.75 Å². The second kappa shape index (κ2) is 6.37. The number of aliphatic hydroxyl groups is 1. The lowest BCUT2D eigenvalue weighted by atomic mass is 10.1. The molecule has 0 saturated carbocycles. The van der Waals surface area contributed by atoms with E-state index in [0.717, 1.165) is 22.0 Å². The topological polar surface area (TPSA) is 74.3 Å². The van der Waals surface area contributed by atoms with Crippen LogP contribution in [0.25, 0.3) is 10.9 Å². The highest BCUT2D eigenvalue weighted by molar-refractivity contribution is 6.06. The second-order valence-electron chi connectivity index (χ2n) is 5.86. The molecule has 3 aromatic rings. The summed E-state index contributed by atoms with van der Waals surface area (Å²) in [5, 5.41) is 13.3. The van der Waals surface area contributed by atoms with Crippen molar-refractivity contribution in [2.45, 2.75) is 20.5 Å². The van der Waals surface area contributed by atoms with Gasteiger partial charge in [0.05, 0.1) is 13.7 Å². The molecule has 0 aliphatic heterocycles. The number of methoxy groups -OCH3 is 1. The molecule has 24 heavy (non-hydrogen) atoms. The zero-order valence-electron chi connectivity index (χ0n) is 13.9. The fraction of sp³-hybridized carbons (Fsp3) is 0.211. The Hall–Kier alpha value is -2.79. The van der Waals surface area contributed by atoms with Gasteiger partial charge in [0.1, 0.15) is 11.4 Å². The van der Waals surface area contributed by atoms with Gasteiger partial charge in [0, 0.05) is 22.2 Å². The molecule has 0 bridgehead atoms. The van der Waals surface area contributed by atoms with E-state index in [-0.39, 0.29) is 12.5 Å². The number of aromatic nitrogens is 1. The molecule has 0 unspecified atom stereocenters. The Morgan fingerprint density at radius 3 is 2.71 bits per heavy atom. The SMILES string of the molecule is COc1ccc(NC(=O)c2cc3c(C)cc(C)cc3[nH]2)cc1CO. The largest absolute Gasteiger partial charge is 0.496 e. The Bertz CT molecular complexity index is 912. The molecular weight excluding hydrogens is 304 g/mol. The molecule has 0 radical (unpaired) electrons. The Morgan fingerprint density at radius 1 is 1.21 bits per heavy atom. The summed E-state index contributed by atoms with van der Waals surface area (Å²) in [5.41, 5.74) is 4.96. The first kappa shape index (κ1) is 16.1. The van der Waals surface area contributed by atoms with E-state index in [1.807, 2.05) is 26.0 Å². The quantitative estimate of drug-likeness (QED) is 0.687. The molecule has 5 heteroatoms.